The molecule has 1 aliphatic rings. The van der Waals surface area contributed by atoms with E-state index < -0.39 is 0 Å². The van der Waals surface area contributed by atoms with Crippen LogP contribution in [-0.4, -0.2) is 34.2 Å². The van der Waals surface area contributed by atoms with Gasteiger partial charge in [0.25, 0.3) is 5.91 Å². The maximum atomic E-state index is 12.8. The molecule has 1 amide bonds. The number of benzene rings is 2. The summed E-state index contributed by atoms with van der Waals surface area (Å²) in [5, 5.41) is 7.08. The molecule has 3 aromatic rings. The van der Waals surface area contributed by atoms with E-state index in [-0.39, 0.29) is 11.9 Å². The molecule has 0 unspecified atom stereocenters. The summed E-state index contributed by atoms with van der Waals surface area (Å²) in [4.78, 5) is 17.2. The molecule has 4 rings (SSSR count). The molecular formula is C20H19N5O2. The highest BCUT2D eigenvalue weighted by Crippen LogP contribution is 2.23. The van der Waals surface area contributed by atoms with Gasteiger partial charge in [-0.25, -0.2) is 9.67 Å². The van der Waals surface area contributed by atoms with Crippen molar-refractivity contribution in [1.29, 1.82) is 0 Å². The first kappa shape index (κ1) is 16.8. The summed E-state index contributed by atoms with van der Waals surface area (Å²) in [6, 6.07) is 14.6. The maximum Gasteiger partial charge on any atom is 0.257 e. The van der Waals surface area contributed by atoms with Gasteiger partial charge in [0.05, 0.1) is 28.5 Å². The van der Waals surface area contributed by atoms with Gasteiger partial charge in [0.1, 0.15) is 6.61 Å². The van der Waals surface area contributed by atoms with Crippen LogP contribution in [-0.2, 0) is 4.74 Å². The Bertz CT molecular complexity index is 1010. The lowest BCUT2D eigenvalue weighted by Crippen LogP contribution is -2.17. The predicted octanol–water partition coefficient (Wildman–Crippen LogP) is 2.87. The quantitative estimate of drug-likeness (QED) is 0.699. The van der Waals surface area contributed by atoms with Crippen LogP contribution in [0.15, 0.2) is 65.9 Å². The van der Waals surface area contributed by atoms with Gasteiger partial charge in [0.2, 0.25) is 5.90 Å². The number of nitrogens with one attached hydrogen (secondary N) is 1. The van der Waals surface area contributed by atoms with E-state index in [0.29, 0.717) is 29.4 Å². The van der Waals surface area contributed by atoms with Gasteiger partial charge in [-0.3, -0.25) is 4.79 Å². The second kappa shape index (κ2) is 6.95. The summed E-state index contributed by atoms with van der Waals surface area (Å²) in [5.41, 5.74) is 9.05. The second-order valence-corrected chi connectivity index (χ2v) is 6.32. The van der Waals surface area contributed by atoms with Crippen molar-refractivity contribution in [3.63, 3.8) is 0 Å². The van der Waals surface area contributed by atoms with E-state index in [1.165, 1.54) is 0 Å². The van der Waals surface area contributed by atoms with E-state index in [1.54, 1.807) is 29.1 Å². The van der Waals surface area contributed by atoms with Crippen molar-refractivity contribution in [2.45, 2.75) is 13.0 Å². The fraction of sp³-hybridized carbons (Fsp3) is 0.150. The van der Waals surface area contributed by atoms with Crippen molar-refractivity contribution in [1.82, 2.24) is 9.78 Å². The van der Waals surface area contributed by atoms with Crippen LogP contribution in [0.2, 0.25) is 0 Å². The molecule has 1 aliphatic heterocycles. The van der Waals surface area contributed by atoms with E-state index in [9.17, 15) is 4.79 Å². The Kier molecular flexibility index (Phi) is 4.33. The zero-order chi connectivity index (χ0) is 18.8. The number of hydrogen-bond donors (Lipinski definition) is 2. The third-order valence-electron chi connectivity index (χ3n) is 4.25. The minimum Gasteiger partial charge on any atom is -0.475 e. The number of para-hydroxylation sites is 1. The molecule has 0 fully saturated rings. The molecule has 0 radical (unpaired) electrons. The third kappa shape index (κ3) is 3.39. The number of nitrogen functional groups attached to an aromatic ring is 1. The number of nitrogens with zero attached hydrogens (tertiary/aromatic N) is 3. The highest BCUT2D eigenvalue weighted by molar-refractivity contribution is 6.11. The van der Waals surface area contributed by atoms with Crippen LogP contribution in [0.4, 0.5) is 11.4 Å². The Morgan fingerprint density at radius 3 is 2.81 bits per heavy atom. The van der Waals surface area contributed by atoms with Crippen molar-refractivity contribution in [2.24, 2.45) is 4.99 Å². The van der Waals surface area contributed by atoms with E-state index >= 15 is 0 Å². The fourth-order valence-corrected chi connectivity index (χ4v) is 2.91. The van der Waals surface area contributed by atoms with E-state index in [1.807, 2.05) is 43.5 Å². The first-order valence-corrected chi connectivity index (χ1v) is 8.63. The van der Waals surface area contributed by atoms with Crippen LogP contribution in [0.5, 0.6) is 0 Å². The number of nitrogens with two attached hydrogens (primary N) is 1. The SMILES string of the molecule is C[C@H]1COC(c2ccccc2NC(=O)c2ccc(-n3cccn3)cc2N)=N1. The molecule has 0 bridgehead atoms. The number of anilines is 2. The van der Waals surface area contributed by atoms with Crippen molar-refractivity contribution >= 4 is 23.2 Å². The number of carbonyl (C=O) groups is 1. The summed E-state index contributed by atoms with van der Waals surface area (Å²) in [6.07, 6.45) is 3.50. The zero-order valence-electron chi connectivity index (χ0n) is 14.8. The highest BCUT2D eigenvalue weighted by atomic mass is 16.5. The molecule has 1 atom stereocenters. The van der Waals surface area contributed by atoms with Gasteiger partial charge >= 0.3 is 0 Å². The topological polar surface area (TPSA) is 94.5 Å². The Balaban J connectivity index is 1.59. The van der Waals surface area contributed by atoms with Gasteiger partial charge in [-0.2, -0.15) is 5.10 Å². The number of amides is 1. The molecule has 3 N–H and O–H groups in total. The first-order valence-electron chi connectivity index (χ1n) is 8.63. The normalized spacial score (nSPS) is 15.9. The Morgan fingerprint density at radius 1 is 1.26 bits per heavy atom. The lowest BCUT2D eigenvalue weighted by Gasteiger charge is -2.12. The predicted molar refractivity (Wildman–Crippen MR) is 104 cm³/mol. The van der Waals surface area contributed by atoms with E-state index in [0.717, 1.165) is 11.3 Å². The van der Waals surface area contributed by atoms with Crippen LogP contribution in [0.3, 0.4) is 0 Å². The summed E-state index contributed by atoms with van der Waals surface area (Å²) in [6.45, 7) is 2.52. The summed E-state index contributed by atoms with van der Waals surface area (Å²) >= 11 is 0. The average Bonchev–Trinajstić information content (AvgIpc) is 3.34. The number of hydrogen-bond acceptors (Lipinski definition) is 5. The van der Waals surface area contributed by atoms with Gasteiger partial charge in [-0.1, -0.05) is 12.1 Å². The maximum absolute atomic E-state index is 12.8. The molecule has 1 aromatic heterocycles. The van der Waals surface area contributed by atoms with Gasteiger partial charge in [-0.15, -0.1) is 0 Å². The molecule has 7 nitrogen and oxygen atoms in total. The number of rotatable bonds is 4. The second-order valence-electron chi connectivity index (χ2n) is 6.32. The summed E-state index contributed by atoms with van der Waals surface area (Å²) in [7, 11) is 0. The van der Waals surface area contributed by atoms with E-state index in [4.69, 9.17) is 10.5 Å². The molecule has 7 heteroatoms. The van der Waals surface area contributed by atoms with Crippen molar-refractivity contribution in [2.75, 3.05) is 17.7 Å². The van der Waals surface area contributed by atoms with Crippen molar-refractivity contribution < 1.29 is 9.53 Å². The number of aliphatic imine (C=N–C) groups is 1. The van der Waals surface area contributed by atoms with Gasteiger partial charge in [0.15, 0.2) is 0 Å². The minimum atomic E-state index is -0.293. The molecule has 2 aromatic carbocycles. The molecule has 0 aliphatic carbocycles. The third-order valence-corrected chi connectivity index (χ3v) is 4.25. The molecule has 2 heterocycles. The lowest BCUT2D eigenvalue weighted by molar-refractivity contribution is 0.102. The molecule has 0 spiro atoms. The summed E-state index contributed by atoms with van der Waals surface area (Å²) in [5.74, 6) is 0.249. The van der Waals surface area contributed by atoms with Gasteiger partial charge < -0.3 is 15.8 Å². The largest absolute Gasteiger partial charge is 0.475 e. The standard InChI is InChI=1S/C20H19N5O2/c1-13-12-27-20(23-13)16-5-2-3-6-18(16)24-19(26)15-8-7-14(11-17(15)21)25-10-4-9-22-25/h2-11,13H,12,21H2,1H3,(H,24,26)/t13-/m0/s1. The molecule has 136 valence electrons. The van der Waals surface area contributed by atoms with Crippen LogP contribution in [0.1, 0.15) is 22.8 Å². The van der Waals surface area contributed by atoms with E-state index in [2.05, 4.69) is 15.4 Å². The van der Waals surface area contributed by atoms with Crippen molar-refractivity contribution in [3.8, 4) is 5.69 Å². The Hall–Kier alpha value is -3.61. The average molecular weight is 361 g/mol. The number of aromatic nitrogens is 2. The lowest BCUT2D eigenvalue weighted by atomic mass is 10.1. The number of ether oxygens (including phenoxy) is 1. The fourth-order valence-electron chi connectivity index (χ4n) is 2.91. The van der Waals surface area contributed by atoms with Gasteiger partial charge in [-0.05, 0) is 43.3 Å². The van der Waals surface area contributed by atoms with Crippen LogP contribution < -0.4 is 11.1 Å². The Morgan fingerprint density at radius 2 is 2.11 bits per heavy atom. The first-order chi connectivity index (χ1) is 13.1. The molecular weight excluding hydrogens is 342 g/mol. The molecule has 0 saturated carbocycles. The summed E-state index contributed by atoms with van der Waals surface area (Å²) < 4.78 is 7.31. The number of carbonyl (C=O) groups excluding carboxylic acids is 1. The minimum absolute atomic E-state index is 0.106. The van der Waals surface area contributed by atoms with Gasteiger partial charge in [0, 0.05) is 18.1 Å². The molecule has 27 heavy (non-hydrogen) atoms. The zero-order valence-corrected chi connectivity index (χ0v) is 14.8. The van der Waals surface area contributed by atoms with Crippen molar-refractivity contribution in [3.05, 3.63) is 72.1 Å². The Labute approximate surface area is 156 Å². The smallest absolute Gasteiger partial charge is 0.257 e. The monoisotopic (exact) mass is 361 g/mol. The van der Waals surface area contributed by atoms with Crippen LogP contribution in [0, 0.1) is 0 Å². The molecule has 0 saturated heterocycles. The highest BCUT2D eigenvalue weighted by Gasteiger charge is 2.20. The van der Waals surface area contributed by atoms with Crippen LogP contribution in [0.25, 0.3) is 5.69 Å². The van der Waals surface area contributed by atoms with Crippen LogP contribution >= 0.6 is 0 Å².